The number of aliphatic hydroxyl groups is 3. The number of amides is 4. The SMILES string of the molecule is CC(=O)OCc1ccc(O[C@@H]2O[C@H](C(=O)O)[C@H](O)[C@H](O)[C@@H]2O)c(NC(=O)CCNC(=O)CCOCCOCCN2C(=O)C=CC2=O)c1. The van der Waals surface area contributed by atoms with Crippen molar-refractivity contribution in [3.05, 3.63) is 35.9 Å². The van der Waals surface area contributed by atoms with Crippen molar-refractivity contribution < 1.29 is 72.9 Å². The number of rotatable bonds is 18. The Morgan fingerprint density at radius 1 is 0.894 bits per heavy atom. The number of benzene rings is 1. The summed E-state index contributed by atoms with van der Waals surface area (Å²) in [6, 6.07) is 4.19. The molecule has 47 heavy (non-hydrogen) atoms. The average Bonchev–Trinajstić information content (AvgIpc) is 3.34. The molecule has 1 aromatic rings. The summed E-state index contributed by atoms with van der Waals surface area (Å²) in [6.07, 6.45) is -7.17. The Morgan fingerprint density at radius 2 is 1.57 bits per heavy atom. The summed E-state index contributed by atoms with van der Waals surface area (Å²) in [5, 5.41) is 44.7. The Kier molecular flexibility index (Phi) is 14.2. The number of carboxylic acid groups (broad SMARTS) is 1. The normalized spacial score (nSPS) is 22.2. The zero-order valence-corrected chi connectivity index (χ0v) is 25.4. The first kappa shape index (κ1) is 37.0. The van der Waals surface area contributed by atoms with Gasteiger partial charge in [-0.2, -0.15) is 0 Å². The molecule has 4 amide bonds. The van der Waals surface area contributed by atoms with E-state index in [-0.39, 0.29) is 76.3 Å². The van der Waals surface area contributed by atoms with Crippen LogP contribution in [-0.4, -0.2) is 131 Å². The lowest BCUT2D eigenvalue weighted by Gasteiger charge is -2.38. The van der Waals surface area contributed by atoms with Crippen LogP contribution in [0.1, 0.15) is 25.3 Å². The topological polar surface area (TPSA) is 257 Å². The minimum atomic E-state index is -1.93. The summed E-state index contributed by atoms with van der Waals surface area (Å²) in [6.45, 7) is 1.71. The van der Waals surface area contributed by atoms with Crippen LogP contribution in [0.4, 0.5) is 5.69 Å². The van der Waals surface area contributed by atoms with Crippen molar-refractivity contribution in [3.8, 4) is 5.75 Å². The molecule has 6 N–H and O–H groups in total. The van der Waals surface area contributed by atoms with Gasteiger partial charge in [0, 0.05) is 38.5 Å². The van der Waals surface area contributed by atoms with Gasteiger partial charge in [0.05, 0.1) is 38.7 Å². The Bertz CT molecular complexity index is 1320. The van der Waals surface area contributed by atoms with Crippen molar-refractivity contribution in [2.75, 3.05) is 44.8 Å². The lowest BCUT2D eigenvalue weighted by molar-refractivity contribution is -0.271. The summed E-state index contributed by atoms with van der Waals surface area (Å²) >= 11 is 0. The van der Waals surface area contributed by atoms with Crippen molar-refractivity contribution in [2.45, 2.75) is 57.1 Å². The lowest BCUT2D eigenvalue weighted by atomic mass is 9.99. The van der Waals surface area contributed by atoms with Crippen LogP contribution in [0.15, 0.2) is 30.4 Å². The van der Waals surface area contributed by atoms with Gasteiger partial charge in [0.2, 0.25) is 18.1 Å². The van der Waals surface area contributed by atoms with Crippen LogP contribution in [-0.2, 0) is 54.3 Å². The number of hydrogen-bond acceptors (Lipinski definition) is 14. The van der Waals surface area contributed by atoms with E-state index < -0.39 is 60.4 Å². The number of anilines is 1. The number of nitrogens with zero attached hydrogens (tertiary/aromatic N) is 1. The molecule has 0 bridgehead atoms. The van der Waals surface area contributed by atoms with Crippen molar-refractivity contribution in [2.24, 2.45) is 0 Å². The van der Waals surface area contributed by atoms with Gasteiger partial charge >= 0.3 is 11.9 Å². The van der Waals surface area contributed by atoms with Gasteiger partial charge in [-0.3, -0.25) is 28.9 Å². The molecule has 1 fully saturated rings. The average molecular weight is 668 g/mol. The standard InChI is InChI=1S/C29H37N3O15/c1-16(33)45-15-17-2-3-19(46-29-26(40)24(38)25(39)27(47-29)28(41)42)18(14-17)31-21(35)6-8-30-20(34)7-10-43-12-13-44-11-9-32-22(36)4-5-23(32)37/h2-5,14,24-27,29,38-40H,6-13,15H2,1H3,(H,30,34)(H,31,35)(H,41,42)/t24-,25+,26-,27-,29+/m0/s1. The Balaban J connectivity index is 1.43. The number of hydrogen-bond donors (Lipinski definition) is 6. The Morgan fingerprint density at radius 3 is 2.23 bits per heavy atom. The zero-order chi connectivity index (χ0) is 34.5. The molecule has 5 atom stereocenters. The predicted molar refractivity (Wildman–Crippen MR) is 155 cm³/mol. The van der Waals surface area contributed by atoms with Gasteiger partial charge in [-0.15, -0.1) is 0 Å². The summed E-state index contributed by atoms with van der Waals surface area (Å²) < 4.78 is 26.3. The van der Waals surface area contributed by atoms with Crippen LogP contribution in [0.5, 0.6) is 5.75 Å². The smallest absolute Gasteiger partial charge is 0.335 e. The maximum Gasteiger partial charge on any atom is 0.335 e. The quantitative estimate of drug-likeness (QED) is 0.0552. The van der Waals surface area contributed by atoms with Gasteiger partial charge in [-0.25, -0.2) is 4.79 Å². The highest BCUT2D eigenvalue weighted by molar-refractivity contribution is 6.12. The van der Waals surface area contributed by atoms with E-state index in [9.17, 15) is 49.2 Å². The van der Waals surface area contributed by atoms with Crippen molar-refractivity contribution in [1.82, 2.24) is 10.2 Å². The highest BCUT2D eigenvalue weighted by Gasteiger charge is 2.48. The number of carboxylic acids is 1. The number of imide groups is 1. The summed E-state index contributed by atoms with van der Waals surface area (Å²) in [5.74, 6) is -4.03. The molecule has 0 aliphatic carbocycles. The molecule has 18 heteroatoms. The van der Waals surface area contributed by atoms with Crippen molar-refractivity contribution in [1.29, 1.82) is 0 Å². The third-order valence-corrected chi connectivity index (χ3v) is 6.70. The minimum Gasteiger partial charge on any atom is -0.479 e. The molecule has 2 heterocycles. The summed E-state index contributed by atoms with van der Waals surface area (Å²) in [5.41, 5.74) is 0.444. The molecule has 2 aliphatic rings. The molecule has 0 aromatic heterocycles. The number of carbonyl (C=O) groups is 6. The maximum absolute atomic E-state index is 12.7. The van der Waals surface area contributed by atoms with Gasteiger partial charge < -0.3 is 54.7 Å². The highest BCUT2D eigenvalue weighted by Crippen LogP contribution is 2.31. The van der Waals surface area contributed by atoms with E-state index in [1.165, 1.54) is 37.3 Å². The number of carbonyl (C=O) groups excluding carboxylic acids is 5. The van der Waals surface area contributed by atoms with Crippen LogP contribution in [0, 0.1) is 0 Å². The Hall–Kier alpha value is -4.46. The number of aliphatic hydroxyl groups excluding tert-OH is 3. The molecule has 0 radical (unpaired) electrons. The van der Waals surface area contributed by atoms with Gasteiger partial charge in [0.15, 0.2) is 6.10 Å². The maximum atomic E-state index is 12.7. The van der Waals surface area contributed by atoms with Crippen molar-refractivity contribution >= 4 is 41.3 Å². The zero-order valence-electron chi connectivity index (χ0n) is 25.4. The first-order chi connectivity index (χ1) is 22.4. The molecule has 18 nitrogen and oxygen atoms in total. The fraction of sp³-hybridized carbons (Fsp3) is 0.517. The van der Waals surface area contributed by atoms with Crippen LogP contribution in [0.2, 0.25) is 0 Å². The van der Waals surface area contributed by atoms with Crippen LogP contribution in [0.3, 0.4) is 0 Å². The van der Waals surface area contributed by atoms with E-state index in [4.69, 9.17) is 23.7 Å². The first-order valence-corrected chi connectivity index (χ1v) is 14.5. The molecule has 2 aliphatic heterocycles. The van der Waals surface area contributed by atoms with Crippen LogP contribution < -0.4 is 15.4 Å². The summed E-state index contributed by atoms with van der Waals surface area (Å²) in [4.78, 5) is 71.4. The molecule has 258 valence electrons. The molecule has 0 saturated carbocycles. The van der Waals surface area contributed by atoms with E-state index in [1.807, 2.05) is 0 Å². The molecule has 1 saturated heterocycles. The molecule has 0 unspecified atom stereocenters. The third-order valence-electron chi connectivity index (χ3n) is 6.70. The second-order valence-electron chi connectivity index (χ2n) is 10.2. The molecular weight excluding hydrogens is 630 g/mol. The molecule has 0 spiro atoms. The second kappa shape index (κ2) is 18.0. The van der Waals surface area contributed by atoms with Crippen LogP contribution >= 0.6 is 0 Å². The number of aliphatic carboxylic acids is 1. The van der Waals surface area contributed by atoms with E-state index in [1.54, 1.807) is 0 Å². The van der Waals surface area contributed by atoms with Gasteiger partial charge in [0.1, 0.15) is 30.7 Å². The van der Waals surface area contributed by atoms with Crippen molar-refractivity contribution in [3.63, 3.8) is 0 Å². The molecule has 3 rings (SSSR count). The number of nitrogens with one attached hydrogen (secondary N) is 2. The van der Waals surface area contributed by atoms with E-state index in [0.29, 0.717) is 5.56 Å². The van der Waals surface area contributed by atoms with Gasteiger partial charge in [-0.1, -0.05) is 6.07 Å². The molecule has 1 aromatic carbocycles. The van der Waals surface area contributed by atoms with E-state index in [0.717, 1.165) is 4.90 Å². The highest BCUT2D eigenvalue weighted by atomic mass is 16.7. The fourth-order valence-corrected chi connectivity index (χ4v) is 4.24. The van der Waals surface area contributed by atoms with Gasteiger partial charge in [0.25, 0.3) is 11.8 Å². The Labute approximate surface area is 268 Å². The largest absolute Gasteiger partial charge is 0.479 e. The predicted octanol–water partition coefficient (Wildman–Crippen LogP) is -2.19. The molecular formula is C29H37N3O15. The minimum absolute atomic E-state index is 0.00184. The van der Waals surface area contributed by atoms with Crippen LogP contribution in [0.25, 0.3) is 0 Å². The summed E-state index contributed by atoms with van der Waals surface area (Å²) in [7, 11) is 0. The monoisotopic (exact) mass is 667 g/mol. The first-order valence-electron chi connectivity index (χ1n) is 14.5. The number of esters is 1. The lowest BCUT2D eigenvalue weighted by Crippen LogP contribution is -2.61. The van der Waals surface area contributed by atoms with Gasteiger partial charge in [-0.05, 0) is 17.7 Å². The van der Waals surface area contributed by atoms with E-state index in [2.05, 4.69) is 10.6 Å². The van der Waals surface area contributed by atoms with E-state index >= 15 is 0 Å². The number of ether oxygens (including phenoxy) is 5. The third kappa shape index (κ3) is 11.4. The fourth-order valence-electron chi connectivity index (χ4n) is 4.24. The second-order valence-corrected chi connectivity index (χ2v) is 10.2.